The Labute approximate surface area is 89.6 Å². The molecule has 0 heterocycles. The Hall–Kier alpha value is -1.35. The summed E-state index contributed by atoms with van der Waals surface area (Å²) in [6, 6.07) is 5.80. The number of aryl methyl sites for hydroxylation is 1. The van der Waals surface area contributed by atoms with E-state index in [1.807, 2.05) is 25.1 Å². The molecule has 0 spiro atoms. The summed E-state index contributed by atoms with van der Waals surface area (Å²) in [5, 5.41) is 0. The molecule has 2 nitrogen and oxygen atoms in total. The van der Waals surface area contributed by atoms with Crippen molar-refractivity contribution in [1.29, 1.82) is 0 Å². The van der Waals surface area contributed by atoms with E-state index in [-0.39, 0.29) is 12.4 Å². The van der Waals surface area contributed by atoms with E-state index in [9.17, 15) is 4.39 Å². The second-order valence-electron chi connectivity index (χ2n) is 3.36. The third-order valence-electron chi connectivity index (χ3n) is 2.21. The van der Waals surface area contributed by atoms with Crippen LogP contribution < -0.4 is 10.5 Å². The molecule has 82 valence electrons. The first-order chi connectivity index (χ1) is 7.17. The van der Waals surface area contributed by atoms with Crippen molar-refractivity contribution in [1.82, 2.24) is 0 Å². The quantitative estimate of drug-likeness (QED) is 0.826. The number of hydrogen-bond donors (Lipinski definition) is 1. The number of halogens is 1. The van der Waals surface area contributed by atoms with Crippen LogP contribution >= 0.6 is 0 Å². The number of ether oxygens (including phenoxy) is 1. The number of hydrogen-bond acceptors (Lipinski definition) is 2. The molecule has 1 aromatic carbocycles. The lowest BCUT2D eigenvalue weighted by atomic mass is 10.1. The van der Waals surface area contributed by atoms with E-state index in [4.69, 9.17) is 10.5 Å². The van der Waals surface area contributed by atoms with Crippen LogP contribution in [0.3, 0.4) is 0 Å². The van der Waals surface area contributed by atoms with E-state index < -0.39 is 0 Å². The predicted molar refractivity (Wildman–Crippen MR) is 59.7 cm³/mol. The van der Waals surface area contributed by atoms with Crippen molar-refractivity contribution >= 4 is 0 Å². The van der Waals surface area contributed by atoms with Gasteiger partial charge in [-0.05, 0) is 36.6 Å². The summed E-state index contributed by atoms with van der Waals surface area (Å²) in [5.74, 6) is 0.575. The minimum Gasteiger partial charge on any atom is -0.496 e. The Morgan fingerprint density at radius 3 is 2.80 bits per heavy atom. The molecular formula is C12H16FNO. The summed E-state index contributed by atoms with van der Waals surface area (Å²) in [6.07, 6.45) is 2.06. The van der Waals surface area contributed by atoms with Crippen LogP contribution in [0, 0.1) is 6.92 Å². The van der Waals surface area contributed by atoms with Crippen LogP contribution in [0.4, 0.5) is 4.39 Å². The zero-order chi connectivity index (χ0) is 11.3. The topological polar surface area (TPSA) is 35.2 Å². The molecule has 0 amide bonds. The summed E-state index contributed by atoms with van der Waals surface area (Å²) < 4.78 is 17.9. The van der Waals surface area contributed by atoms with Gasteiger partial charge in [-0.3, -0.25) is 0 Å². The monoisotopic (exact) mass is 209 g/mol. The third kappa shape index (κ3) is 3.36. The van der Waals surface area contributed by atoms with E-state index in [2.05, 4.69) is 0 Å². The Kier molecular flexibility index (Phi) is 4.31. The summed E-state index contributed by atoms with van der Waals surface area (Å²) in [4.78, 5) is 0. The van der Waals surface area contributed by atoms with E-state index in [1.54, 1.807) is 7.11 Å². The van der Waals surface area contributed by atoms with E-state index in [0.29, 0.717) is 6.42 Å². The molecule has 0 aromatic heterocycles. The van der Waals surface area contributed by atoms with Gasteiger partial charge in [-0.2, -0.15) is 0 Å². The van der Waals surface area contributed by atoms with Crippen molar-refractivity contribution < 1.29 is 9.13 Å². The van der Waals surface area contributed by atoms with Gasteiger partial charge in [0.1, 0.15) is 11.6 Å². The molecule has 0 saturated carbocycles. The third-order valence-corrected chi connectivity index (χ3v) is 2.21. The molecule has 3 heteroatoms. The van der Waals surface area contributed by atoms with Gasteiger partial charge in [0.05, 0.1) is 7.11 Å². The van der Waals surface area contributed by atoms with Crippen LogP contribution in [-0.2, 0) is 6.42 Å². The second kappa shape index (κ2) is 5.51. The minimum absolute atomic E-state index is 0.0326. The number of methoxy groups -OCH3 is 1. The van der Waals surface area contributed by atoms with Crippen molar-refractivity contribution in [2.75, 3.05) is 13.7 Å². The Bertz CT molecular complexity index is 361. The van der Waals surface area contributed by atoms with Crippen LogP contribution in [0.5, 0.6) is 5.75 Å². The molecule has 0 aliphatic rings. The first-order valence-electron chi connectivity index (χ1n) is 4.85. The fourth-order valence-electron chi connectivity index (χ4n) is 1.38. The molecule has 0 radical (unpaired) electrons. The first kappa shape index (κ1) is 11.7. The zero-order valence-corrected chi connectivity index (χ0v) is 9.09. The molecular weight excluding hydrogens is 193 g/mol. The molecule has 15 heavy (non-hydrogen) atoms. The smallest absolute Gasteiger partial charge is 0.121 e. The van der Waals surface area contributed by atoms with Gasteiger partial charge in [-0.1, -0.05) is 12.1 Å². The predicted octanol–water partition coefficient (Wildman–Crippen LogP) is 2.36. The van der Waals surface area contributed by atoms with Gasteiger partial charge in [0.25, 0.3) is 0 Å². The van der Waals surface area contributed by atoms with Crippen molar-refractivity contribution in [3.05, 3.63) is 41.2 Å². The fourth-order valence-corrected chi connectivity index (χ4v) is 1.38. The van der Waals surface area contributed by atoms with E-state index >= 15 is 0 Å². The summed E-state index contributed by atoms with van der Waals surface area (Å²) in [6.45, 7) is 1.93. The van der Waals surface area contributed by atoms with Crippen LogP contribution in [0.2, 0.25) is 0 Å². The number of allylic oxidation sites excluding steroid dienone is 1. The zero-order valence-electron chi connectivity index (χ0n) is 9.09. The lowest BCUT2D eigenvalue weighted by molar-refractivity contribution is 0.411. The van der Waals surface area contributed by atoms with Crippen LogP contribution in [0.25, 0.3) is 0 Å². The van der Waals surface area contributed by atoms with Gasteiger partial charge in [-0.15, -0.1) is 0 Å². The lowest BCUT2D eigenvalue weighted by Crippen LogP contribution is -1.99. The van der Waals surface area contributed by atoms with Crippen molar-refractivity contribution in [3.8, 4) is 5.75 Å². The summed E-state index contributed by atoms with van der Waals surface area (Å²) >= 11 is 0. The number of benzene rings is 1. The van der Waals surface area contributed by atoms with Crippen molar-refractivity contribution in [2.24, 2.45) is 5.73 Å². The van der Waals surface area contributed by atoms with Gasteiger partial charge in [-0.25, -0.2) is 4.39 Å². The maximum Gasteiger partial charge on any atom is 0.121 e. The van der Waals surface area contributed by atoms with Gasteiger partial charge < -0.3 is 10.5 Å². The molecule has 0 bridgehead atoms. The Morgan fingerprint density at radius 1 is 1.53 bits per heavy atom. The fraction of sp³-hybridized carbons (Fsp3) is 0.333. The average Bonchev–Trinajstić information content (AvgIpc) is 2.26. The van der Waals surface area contributed by atoms with Crippen molar-refractivity contribution in [3.63, 3.8) is 0 Å². The molecule has 0 atom stereocenters. The highest BCUT2D eigenvalue weighted by molar-refractivity contribution is 5.36. The largest absolute Gasteiger partial charge is 0.496 e. The van der Waals surface area contributed by atoms with Crippen LogP contribution in [0.1, 0.15) is 11.1 Å². The maximum absolute atomic E-state index is 12.8. The Morgan fingerprint density at radius 2 is 2.27 bits per heavy atom. The molecule has 0 unspecified atom stereocenters. The van der Waals surface area contributed by atoms with Gasteiger partial charge in [0.2, 0.25) is 0 Å². The summed E-state index contributed by atoms with van der Waals surface area (Å²) in [5.41, 5.74) is 7.25. The number of nitrogens with two attached hydrogens (primary N) is 1. The molecule has 0 aliphatic heterocycles. The molecule has 0 fully saturated rings. The highest BCUT2D eigenvalue weighted by Crippen LogP contribution is 2.19. The molecule has 0 aliphatic carbocycles. The second-order valence-corrected chi connectivity index (χ2v) is 3.36. The minimum atomic E-state index is -0.275. The molecule has 2 N–H and O–H groups in total. The van der Waals surface area contributed by atoms with E-state index in [1.165, 1.54) is 6.08 Å². The van der Waals surface area contributed by atoms with Gasteiger partial charge in [0, 0.05) is 6.54 Å². The van der Waals surface area contributed by atoms with Crippen LogP contribution in [0.15, 0.2) is 30.1 Å². The SMILES string of the molecule is COc1ccc(C/C=C(/F)CN)cc1C. The first-order valence-corrected chi connectivity index (χ1v) is 4.85. The molecule has 1 aromatic rings. The maximum atomic E-state index is 12.8. The van der Waals surface area contributed by atoms with Crippen LogP contribution in [-0.4, -0.2) is 13.7 Å². The standard InChI is InChI=1S/C12H16FNO/c1-9-7-10(3-5-11(13)8-14)4-6-12(9)15-2/h4-7H,3,8,14H2,1-2H3/b11-5+. The average molecular weight is 209 g/mol. The van der Waals surface area contributed by atoms with Crippen molar-refractivity contribution in [2.45, 2.75) is 13.3 Å². The molecule has 1 rings (SSSR count). The normalized spacial score (nSPS) is 11.6. The Balaban J connectivity index is 2.76. The molecule has 0 saturated heterocycles. The van der Waals surface area contributed by atoms with Gasteiger partial charge in [0.15, 0.2) is 0 Å². The summed E-state index contributed by atoms with van der Waals surface area (Å²) in [7, 11) is 1.63. The lowest BCUT2D eigenvalue weighted by Gasteiger charge is -2.05. The highest BCUT2D eigenvalue weighted by Gasteiger charge is 1.99. The highest BCUT2D eigenvalue weighted by atomic mass is 19.1. The number of rotatable bonds is 4. The van der Waals surface area contributed by atoms with Gasteiger partial charge >= 0.3 is 0 Å². The van der Waals surface area contributed by atoms with E-state index in [0.717, 1.165) is 16.9 Å².